The minimum absolute atomic E-state index is 0.142. The molecule has 1 aliphatic carbocycles. The van der Waals surface area contributed by atoms with Gasteiger partial charge in [-0.05, 0) is 29.7 Å². The van der Waals surface area contributed by atoms with Crippen LogP contribution in [-0.4, -0.2) is 34.8 Å². The Labute approximate surface area is 179 Å². The summed E-state index contributed by atoms with van der Waals surface area (Å²) in [4.78, 5) is 12.1. The lowest BCUT2D eigenvalue weighted by Gasteiger charge is -2.15. The van der Waals surface area contributed by atoms with Gasteiger partial charge < -0.3 is 5.11 Å². The average molecular weight is 471 g/mol. The summed E-state index contributed by atoms with van der Waals surface area (Å²) in [6.07, 6.45) is -3.55. The summed E-state index contributed by atoms with van der Waals surface area (Å²) in [6, 6.07) is 12.0. The topological polar surface area (TPSA) is 101 Å². The van der Waals surface area contributed by atoms with Crippen molar-refractivity contribution in [1.82, 2.24) is 14.5 Å². The van der Waals surface area contributed by atoms with E-state index in [-0.39, 0.29) is 9.21 Å². The number of carboxylic acid groups (broad SMARTS) is 1. The molecule has 4 rings (SSSR count). The molecule has 7 nitrogen and oxygen atoms in total. The Balaban J connectivity index is 1.62. The van der Waals surface area contributed by atoms with Crippen LogP contribution in [0.1, 0.15) is 24.1 Å². The van der Waals surface area contributed by atoms with Crippen molar-refractivity contribution >= 4 is 27.3 Å². The van der Waals surface area contributed by atoms with Crippen molar-refractivity contribution < 1.29 is 31.5 Å². The average Bonchev–Trinajstić information content (AvgIpc) is 3.13. The van der Waals surface area contributed by atoms with Crippen LogP contribution in [0.15, 0.2) is 58.9 Å². The number of rotatable bonds is 6. The summed E-state index contributed by atoms with van der Waals surface area (Å²) < 4.78 is 67.2. The highest BCUT2D eigenvalue weighted by Crippen LogP contribution is 2.58. The van der Waals surface area contributed by atoms with Gasteiger partial charge in [0.15, 0.2) is 5.69 Å². The number of nitrogens with one attached hydrogen (secondary N) is 1. The van der Waals surface area contributed by atoms with Gasteiger partial charge in [-0.3, -0.25) is 4.79 Å². The largest absolute Gasteiger partial charge is 0.480 e. The Morgan fingerprint density at radius 2 is 1.87 bits per heavy atom. The number of aromatic nitrogens is 2. The van der Waals surface area contributed by atoms with Gasteiger partial charge in [-0.15, -0.1) is 11.3 Å². The first-order chi connectivity index (χ1) is 14.5. The highest BCUT2D eigenvalue weighted by Gasteiger charge is 2.70. The zero-order chi connectivity index (χ0) is 22.6. The van der Waals surface area contributed by atoms with E-state index in [4.69, 9.17) is 0 Å². The second kappa shape index (κ2) is 7.18. The lowest BCUT2D eigenvalue weighted by Crippen LogP contribution is -2.45. The molecule has 3 atom stereocenters. The number of hydrogen-bond donors (Lipinski definition) is 2. The fraction of sp³-hybridized carbons (Fsp3) is 0.263. The van der Waals surface area contributed by atoms with E-state index in [9.17, 15) is 31.5 Å². The maximum absolute atomic E-state index is 13.0. The summed E-state index contributed by atoms with van der Waals surface area (Å²) in [5.41, 5.74) is -2.12. The lowest BCUT2D eigenvalue weighted by atomic mass is 10.1. The smallest absolute Gasteiger partial charge is 0.435 e. The zero-order valence-electron chi connectivity index (χ0n) is 15.9. The second-order valence-electron chi connectivity index (χ2n) is 7.19. The van der Waals surface area contributed by atoms with E-state index in [0.29, 0.717) is 16.9 Å². The number of sulfonamides is 1. The number of alkyl halides is 3. The Kier molecular flexibility index (Phi) is 4.98. The van der Waals surface area contributed by atoms with Crippen molar-refractivity contribution in [2.24, 2.45) is 5.92 Å². The molecule has 0 saturated heterocycles. The highest BCUT2D eigenvalue weighted by atomic mass is 32.2. The van der Waals surface area contributed by atoms with Gasteiger partial charge in [0.25, 0.3) is 10.0 Å². The van der Waals surface area contributed by atoms with Gasteiger partial charge in [-0.1, -0.05) is 37.3 Å². The molecule has 1 unspecified atom stereocenters. The van der Waals surface area contributed by atoms with E-state index in [1.54, 1.807) is 37.3 Å². The van der Waals surface area contributed by atoms with Gasteiger partial charge in [0, 0.05) is 12.1 Å². The number of aliphatic carboxylic acids is 1. The third kappa shape index (κ3) is 3.64. The molecule has 12 heteroatoms. The van der Waals surface area contributed by atoms with Crippen LogP contribution in [0.3, 0.4) is 0 Å². The molecule has 0 spiro atoms. The van der Waals surface area contributed by atoms with Gasteiger partial charge in [0.05, 0.1) is 0 Å². The van der Waals surface area contributed by atoms with E-state index in [1.807, 2.05) is 0 Å². The van der Waals surface area contributed by atoms with Crippen LogP contribution in [0.25, 0.3) is 5.00 Å². The first-order valence-corrected chi connectivity index (χ1v) is 11.3. The summed E-state index contributed by atoms with van der Waals surface area (Å²) in [7, 11) is -4.26. The Bertz CT molecular complexity index is 1240. The maximum Gasteiger partial charge on any atom is 0.435 e. The van der Waals surface area contributed by atoms with Crippen molar-refractivity contribution in [3.05, 3.63) is 66.0 Å². The summed E-state index contributed by atoms with van der Waals surface area (Å²) >= 11 is 0.685. The molecule has 164 valence electrons. The molecule has 31 heavy (non-hydrogen) atoms. The SMILES string of the molecule is CC1[C@@H](c2ccccc2)[C@]1(NS(=O)(=O)c1ccc(-n2ccc(C(F)(F)F)n2)s1)C(=O)O. The second-order valence-corrected chi connectivity index (χ2v) is 10.2. The van der Waals surface area contributed by atoms with Crippen LogP contribution < -0.4 is 4.72 Å². The van der Waals surface area contributed by atoms with E-state index >= 15 is 0 Å². The Hall–Kier alpha value is -2.70. The first-order valence-electron chi connectivity index (χ1n) is 9.02. The highest BCUT2D eigenvalue weighted by molar-refractivity contribution is 7.91. The molecule has 2 N–H and O–H groups in total. The summed E-state index contributed by atoms with van der Waals surface area (Å²) in [6.45, 7) is 1.65. The van der Waals surface area contributed by atoms with E-state index in [2.05, 4.69) is 9.82 Å². The molecule has 0 bridgehead atoms. The minimum Gasteiger partial charge on any atom is -0.480 e. The van der Waals surface area contributed by atoms with Crippen molar-refractivity contribution in [2.45, 2.75) is 28.8 Å². The number of carbonyl (C=O) groups is 1. The predicted molar refractivity (Wildman–Crippen MR) is 105 cm³/mol. The Morgan fingerprint density at radius 1 is 1.19 bits per heavy atom. The van der Waals surface area contributed by atoms with Gasteiger partial charge in [-0.25, -0.2) is 13.1 Å². The number of nitrogens with zero attached hydrogens (tertiary/aromatic N) is 2. The normalized spacial score (nSPS) is 23.6. The molecular weight excluding hydrogens is 455 g/mol. The fourth-order valence-corrected chi connectivity index (χ4v) is 6.44. The third-order valence-corrected chi connectivity index (χ3v) is 8.40. The van der Waals surface area contributed by atoms with Crippen molar-refractivity contribution in [1.29, 1.82) is 0 Å². The molecule has 1 saturated carbocycles. The molecule has 2 heterocycles. The van der Waals surface area contributed by atoms with E-state index < -0.39 is 45.2 Å². The van der Waals surface area contributed by atoms with E-state index in [1.165, 1.54) is 12.1 Å². The standard InChI is InChI=1S/C19H16F3N3O4S2/c1-11-16(12-5-3-2-4-6-12)18(11,17(26)27)24-31(28,29)15-8-7-14(30-15)25-10-9-13(23-25)19(20,21)22/h2-11,16,24H,1H3,(H,26,27)/t11?,16-,18-/m0/s1. The fourth-order valence-electron chi connectivity index (χ4n) is 3.75. The molecule has 0 radical (unpaired) electrons. The number of hydrogen-bond acceptors (Lipinski definition) is 5. The number of halogens is 3. The van der Waals surface area contributed by atoms with Crippen LogP contribution in [0, 0.1) is 5.92 Å². The van der Waals surface area contributed by atoms with Gasteiger partial charge in [0.1, 0.15) is 14.7 Å². The van der Waals surface area contributed by atoms with Crippen LogP contribution >= 0.6 is 11.3 Å². The van der Waals surface area contributed by atoms with Gasteiger partial charge in [-0.2, -0.15) is 23.0 Å². The first kappa shape index (κ1) is 21.5. The number of benzene rings is 1. The van der Waals surface area contributed by atoms with Crippen LogP contribution in [0.5, 0.6) is 0 Å². The quantitative estimate of drug-likeness (QED) is 0.573. The van der Waals surface area contributed by atoms with Gasteiger partial charge >= 0.3 is 12.1 Å². The van der Waals surface area contributed by atoms with Crippen molar-refractivity contribution in [3.8, 4) is 5.00 Å². The molecular formula is C19H16F3N3O4S2. The van der Waals surface area contributed by atoms with Crippen LogP contribution in [-0.2, 0) is 21.0 Å². The predicted octanol–water partition coefficient (Wildman–Crippen LogP) is 3.49. The molecule has 0 aliphatic heterocycles. The molecule has 1 aromatic carbocycles. The molecule has 1 fully saturated rings. The summed E-state index contributed by atoms with van der Waals surface area (Å²) in [5.74, 6) is -2.35. The van der Waals surface area contributed by atoms with Crippen molar-refractivity contribution in [2.75, 3.05) is 0 Å². The molecule has 2 aromatic heterocycles. The van der Waals surface area contributed by atoms with Crippen LogP contribution in [0.4, 0.5) is 13.2 Å². The van der Waals surface area contributed by atoms with E-state index in [0.717, 1.165) is 16.9 Å². The number of carboxylic acids is 1. The third-order valence-electron chi connectivity index (χ3n) is 5.35. The zero-order valence-corrected chi connectivity index (χ0v) is 17.5. The molecule has 3 aromatic rings. The summed E-state index contributed by atoms with van der Waals surface area (Å²) in [5, 5.41) is 13.4. The van der Waals surface area contributed by atoms with Crippen molar-refractivity contribution in [3.63, 3.8) is 0 Å². The Morgan fingerprint density at radius 3 is 2.45 bits per heavy atom. The maximum atomic E-state index is 13.0. The number of thiophene rings is 1. The molecule has 0 amide bonds. The monoisotopic (exact) mass is 471 g/mol. The lowest BCUT2D eigenvalue weighted by molar-refractivity contribution is -0.141. The van der Waals surface area contributed by atoms with Crippen LogP contribution in [0.2, 0.25) is 0 Å². The molecule has 1 aliphatic rings. The minimum atomic E-state index is -4.62. The van der Waals surface area contributed by atoms with Gasteiger partial charge in [0.2, 0.25) is 0 Å².